The molecule has 1 aromatic heterocycles. The van der Waals surface area contributed by atoms with Crippen molar-refractivity contribution < 1.29 is 13.2 Å². The standard InChI is InChI=1S/C12H6Cl2F3N/c13-10-6-5-9(11(14)18-10)7-1-3-8(4-2-7)12(15,16)17/h1-6H. The van der Waals surface area contributed by atoms with Crippen molar-refractivity contribution in [2.24, 2.45) is 0 Å². The number of nitrogens with zero attached hydrogens (tertiary/aromatic N) is 1. The molecule has 0 aliphatic heterocycles. The highest BCUT2D eigenvalue weighted by Gasteiger charge is 2.30. The molecule has 1 nitrogen and oxygen atoms in total. The molecule has 0 N–H and O–H groups in total. The van der Waals surface area contributed by atoms with Crippen LogP contribution in [0.5, 0.6) is 0 Å². The van der Waals surface area contributed by atoms with Crippen molar-refractivity contribution in [3.8, 4) is 11.1 Å². The minimum Gasteiger partial charge on any atom is -0.224 e. The van der Waals surface area contributed by atoms with Crippen LogP contribution in [0.4, 0.5) is 13.2 Å². The average molecular weight is 292 g/mol. The van der Waals surface area contributed by atoms with E-state index in [0.29, 0.717) is 11.1 Å². The lowest BCUT2D eigenvalue weighted by Gasteiger charge is -2.08. The Kier molecular flexibility index (Phi) is 3.50. The summed E-state index contributed by atoms with van der Waals surface area (Å²) in [5, 5.41) is 0.387. The Bertz CT molecular complexity index is 565. The number of rotatable bonds is 1. The van der Waals surface area contributed by atoms with E-state index < -0.39 is 11.7 Å². The number of alkyl halides is 3. The van der Waals surface area contributed by atoms with Gasteiger partial charge in [-0.05, 0) is 29.8 Å². The van der Waals surface area contributed by atoms with Crippen LogP contribution in [0.15, 0.2) is 36.4 Å². The molecule has 18 heavy (non-hydrogen) atoms. The Morgan fingerprint density at radius 1 is 0.889 bits per heavy atom. The molecular formula is C12H6Cl2F3N. The molecule has 1 heterocycles. The summed E-state index contributed by atoms with van der Waals surface area (Å²) in [4.78, 5) is 3.83. The number of hydrogen-bond donors (Lipinski definition) is 0. The molecule has 0 aliphatic rings. The Labute approximate surface area is 111 Å². The van der Waals surface area contributed by atoms with Crippen molar-refractivity contribution >= 4 is 23.2 Å². The molecular weight excluding hydrogens is 286 g/mol. The van der Waals surface area contributed by atoms with Crippen molar-refractivity contribution in [2.45, 2.75) is 6.18 Å². The summed E-state index contributed by atoms with van der Waals surface area (Å²) in [7, 11) is 0. The predicted molar refractivity (Wildman–Crippen MR) is 64.7 cm³/mol. The van der Waals surface area contributed by atoms with Crippen LogP contribution in [-0.4, -0.2) is 4.98 Å². The zero-order valence-electron chi connectivity index (χ0n) is 8.80. The third kappa shape index (κ3) is 2.76. The average Bonchev–Trinajstić information content (AvgIpc) is 2.28. The van der Waals surface area contributed by atoms with E-state index >= 15 is 0 Å². The summed E-state index contributed by atoms with van der Waals surface area (Å²) >= 11 is 11.5. The van der Waals surface area contributed by atoms with Gasteiger partial charge in [0.2, 0.25) is 0 Å². The van der Waals surface area contributed by atoms with Crippen LogP contribution in [0.1, 0.15) is 5.56 Å². The van der Waals surface area contributed by atoms with Crippen LogP contribution < -0.4 is 0 Å². The maximum atomic E-state index is 12.4. The predicted octanol–water partition coefficient (Wildman–Crippen LogP) is 5.07. The van der Waals surface area contributed by atoms with E-state index in [1.54, 1.807) is 6.07 Å². The molecule has 0 saturated heterocycles. The molecule has 0 amide bonds. The summed E-state index contributed by atoms with van der Waals surface area (Å²) in [6.45, 7) is 0. The van der Waals surface area contributed by atoms with Crippen molar-refractivity contribution in [2.75, 3.05) is 0 Å². The van der Waals surface area contributed by atoms with Crippen LogP contribution in [0, 0.1) is 0 Å². The van der Waals surface area contributed by atoms with Gasteiger partial charge >= 0.3 is 6.18 Å². The molecule has 0 saturated carbocycles. The van der Waals surface area contributed by atoms with Gasteiger partial charge in [0.15, 0.2) is 0 Å². The highest BCUT2D eigenvalue weighted by molar-refractivity contribution is 6.34. The zero-order chi connectivity index (χ0) is 13.3. The highest BCUT2D eigenvalue weighted by Crippen LogP contribution is 2.32. The maximum Gasteiger partial charge on any atom is 0.416 e. The van der Waals surface area contributed by atoms with Crippen molar-refractivity contribution in [1.29, 1.82) is 0 Å². The quantitative estimate of drug-likeness (QED) is 0.668. The molecule has 0 radical (unpaired) electrons. The van der Waals surface area contributed by atoms with Gasteiger partial charge < -0.3 is 0 Å². The Balaban J connectivity index is 2.41. The Morgan fingerprint density at radius 2 is 1.50 bits per heavy atom. The molecule has 0 atom stereocenters. The van der Waals surface area contributed by atoms with Gasteiger partial charge in [0.1, 0.15) is 10.3 Å². The third-order valence-electron chi connectivity index (χ3n) is 2.34. The largest absolute Gasteiger partial charge is 0.416 e. The SMILES string of the molecule is FC(F)(F)c1ccc(-c2ccc(Cl)nc2Cl)cc1. The number of pyridine rings is 1. The van der Waals surface area contributed by atoms with Crippen LogP contribution in [0.2, 0.25) is 10.3 Å². The normalized spacial score (nSPS) is 11.6. The first kappa shape index (κ1) is 13.2. The summed E-state index contributed by atoms with van der Waals surface area (Å²) in [5.74, 6) is 0. The first-order chi connectivity index (χ1) is 8.38. The minimum atomic E-state index is -4.35. The molecule has 94 valence electrons. The number of hydrogen-bond acceptors (Lipinski definition) is 1. The van der Waals surface area contributed by atoms with E-state index in [0.717, 1.165) is 12.1 Å². The van der Waals surface area contributed by atoms with Crippen molar-refractivity contribution in [1.82, 2.24) is 4.98 Å². The second-order valence-electron chi connectivity index (χ2n) is 3.55. The molecule has 0 aliphatic carbocycles. The third-order valence-corrected chi connectivity index (χ3v) is 2.84. The van der Waals surface area contributed by atoms with Gasteiger partial charge in [-0.3, -0.25) is 0 Å². The molecule has 0 spiro atoms. The van der Waals surface area contributed by atoms with Gasteiger partial charge in [0, 0.05) is 5.56 Å². The van der Waals surface area contributed by atoms with Gasteiger partial charge in [-0.25, -0.2) is 4.98 Å². The molecule has 6 heteroatoms. The Hall–Kier alpha value is -1.26. The van der Waals surface area contributed by atoms with Crippen LogP contribution in [-0.2, 0) is 6.18 Å². The summed E-state index contributed by atoms with van der Waals surface area (Å²) in [5.41, 5.74) is 0.385. The second-order valence-corrected chi connectivity index (χ2v) is 4.29. The van der Waals surface area contributed by atoms with Gasteiger partial charge in [-0.15, -0.1) is 0 Å². The maximum absolute atomic E-state index is 12.4. The van der Waals surface area contributed by atoms with Crippen LogP contribution >= 0.6 is 23.2 Å². The number of aromatic nitrogens is 1. The highest BCUT2D eigenvalue weighted by atomic mass is 35.5. The molecule has 2 rings (SSSR count). The number of benzene rings is 1. The molecule has 2 aromatic rings. The first-order valence-electron chi connectivity index (χ1n) is 4.87. The fourth-order valence-corrected chi connectivity index (χ4v) is 1.92. The van der Waals surface area contributed by atoms with E-state index in [9.17, 15) is 13.2 Å². The molecule has 0 fully saturated rings. The lowest BCUT2D eigenvalue weighted by Crippen LogP contribution is -2.04. The van der Waals surface area contributed by atoms with E-state index in [1.165, 1.54) is 18.2 Å². The monoisotopic (exact) mass is 291 g/mol. The van der Waals surface area contributed by atoms with Gasteiger partial charge in [0.05, 0.1) is 5.56 Å². The molecule has 1 aromatic carbocycles. The second kappa shape index (κ2) is 4.78. The van der Waals surface area contributed by atoms with E-state index in [-0.39, 0.29) is 10.3 Å². The lowest BCUT2D eigenvalue weighted by atomic mass is 10.1. The van der Waals surface area contributed by atoms with Crippen molar-refractivity contribution in [3.63, 3.8) is 0 Å². The summed E-state index contributed by atoms with van der Waals surface area (Å²) in [6.07, 6.45) is -4.35. The molecule has 0 unspecified atom stereocenters. The first-order valence-corrected chi connectivity index (χ1v) is 5.63. The van der Waals surface area contributed by atoms with Crippen molar-refractivity contribution in [3.05, 3.63) is 52.3 Å². The van der Waals surface area contributed by atoms with Crippen LogP contribution in [0.25, 0.3) is 11.1 Å². The Morgan fingerprint density at radius 3 is 2.00 bits per heavy atom. The summed E-state index contributed by atoms with van der Waals surface area (Å²) in [6, 6.07) is 7.83. The van der Waals surface area contributed by atoms with Gasteiger partial charge in [0.25, 0.3) is 0 Å². The van der Waals surface area contributed by atoms with Gasteiger partial charge in [-0.1, -0.05) is 35.3 Å². The topological polar surface area (TPSA) is 12.9 Å². The van der Waals surface area contributed by atoms with Gasteiger partial charge in [-0.2, -0.15) is 13.2 Å². The van der Waals surface area contributed by atoms with Crippen LogP contribution in [0.3, 0.4) is 0 Å². The number of halogens is 5. The fraction of sp³-hybridized carbons (Fsp3) is 0.0833. The van der Waals surface area contributed by atoms with E-state index in [4.69, 9.17) is 23.2 Å². The fourth-order valence-electron chi connectivity index (χ4n) is 1.47. The van der Waals surface area contributed by atoms with E-state index in [1.807, 2.05) is 0 Å². The summed E-state index contributed by atoms with van der Waals surface area (Å²) < 4.78 is 37.2. The smallest absolute Gasteiger partial charge is 0.224 e. The minimum absolute atomic E-state index is 0.155. The van der Waals surface area contributed by atoms with E-state index in [2.05, 4.69) is 4.98 Å². The molecule has 0 bridgehead atoms. The zero-order valence-corrected chi connectivity index (χ0v) is 10.3. The lowest BCUT2D eigenvalue weighted by molar-refractivity contribution is -0.137.